The van der Waals surface area contributed by atoms with Crippen LogP contribution in [0.2, 0.25) is 10.0 Å². The summed E-state index contributed by atoms with van der Waals surface area (Å²) in [6, 6.07) is 7.02. The lowest BCUT2D eigenvalue weighted by atomic mass is 10.1. The van der Waals surface area contributed by atoms with Crippen LogP contribution in [0.15, 0.2) is 24.3 Å². The summed E-state index contributed by atoms with van der Waals surface area (Å²) < 4.78 is 1.53. The van der Waals surface area contributed by atoms with Crippen LogP contribution in [0.5, 0.6) is 0 Å². The molecule has 0 fully saturated rings. The molecular weight excluding hydrogens is 287 g/mol. The van der Waals surface area contributed by atoms with Gasteiger partial charge in [-0.15, -0.1) is 0 Å². The predicted molar refractivity (Wildman–Crippen MR) is 74.6 cm³/mol. The van der Waals surface area contributed by atoms with E-state index in [0.717, 1.165) is 0 Å². The van der Waals surface area contributed by atoms with E-state index < -0.39 is 5.97 Å². The topological polar surface area (TPSA) is 55.1 Å². The second kappa shape index (κ2) is 5.23. The van der Waals surface area contributed by atoms with E-state index in [-0.39, 0.29) is 16.6 Å². The van der Waals surface area contributed by atoms with Gasteiger partial charge in [-0.2, -0.15) is 5.10 Å². The summed E-state index contributed by atoms with van der Waals surface area (Å²) in [6.07, 6.45) is 0. The highest BCUT2D eigenvalue weighted by atomic mass is 35.5. The van der Waals surface area contributed by atoms with E-state index >= 15 is 0 Å². The van der Waals surface area contributed by atoms with Gasteiger partial charge in [0.15, 0.2) is 5.69 Å². The Kier molecular flexibility index (Phi) is 3.83. The Balaban J connectivity index is 2.69. The number of benzene rings is 1. The summed E-state index contributed by atoms with van der Waals surface area (Å²) >= 11 is 12.1. The van der Waals surface area contributed by atoms with Gasteiger partial charge in [0.25, 0.3) is 0 Å². The molecule has 0 bridgehead atoms. The SMILES string of the molecule is CC(C)c1c(Cl)c(C(=O)O)nn1-c1cccc(Cl)c1. The Bertz CT molecular complexity index is 636. The van der Waals surface area contributed by atoms with Crippen LogP contribution in [0.4, 0.5) is 0 Å². The molecule has 4 nitrogen and oxygen atoms in total. The molecule has 0 saturated heterocycles. The number of carbonyl (C=O) groups is 1. The Labute approximate surface area is 120 Å². The number of rotatable bonds is 3. The van der Waals surface area contributed by atoms with Crippen molar-refractivity contribution in [1.29, 1.82) is 0 Å². The summed E-state index contributed by atoms with van der Waals surface area (Å²) in [5.41, 5.74) is 1.19. The maximum absolute atomic E-state index is 11.1. The number of hydrogen-bond donors (Lipinski definition) is 1. The molecule has 0 unspecified atom stereocenters. The van der Waals surface area contributed by atoms with Crippen molar-refractivity contribution in [2.45, 2.75) is 19.8 Å². The van der Waals surface area contributed by atoms with Gasteiger partial charge < -0.3 is 5.11 Å². The molecule has 100 valence electrons. The third-order valence-corrected chi connectivity index (χ3v) is 3.27. The molecule has 19 heavy (non-hydrogen) atoms. The van der Waals surface area contributed by atoms with Crippen molar-refractivity contribution in [2.75, 3.05) is 0 Å². The van der Waals surface area contributed by atoms with E-state index in [2.05, 4.69) is 5.10 Å². The fourth-order valence-electron chi connectivity index (χ4n) is 1.85. The highest BCUT2D eigenvalue weighted by molar-refractivity contribution is 6.34. The Morgan fingerprint density at radius 3 is 2.58 bits per heavy atom. The molecule has 0 spiro atoms. The van der Waals surface area contributed by atoms with Crippen molar-refractivity contribution in [3.05, 3.63) is 45.7 Å². The number of aromatic carboxylic acids is 1. The molecule has 1 heterocycles. The third kappa shape index (κ3) is 2.60. The molecule has 6 heteroatoms. The van der Waals surface area contributed by atoms with Crippen LogP contribution in [-0.4, -0.2) is 20.9 Å². The normalized spacial score (nSPS) is 11.0. The first-order valence-corrected chi connectivity index (χ1v) is 6.45. The molecule has 1 aromatic heterocycles. The van der Waals surface area contributed by atoms with Gasteiger partial charge in [-0.25, -0.2) is 9.48 Å². The summed E-state index contributed by atoms with van der Waals surface area (Å²) in [6.45, 7) is 3.85. The molecule has 2 aromatic rings. The second-order valence-electron chi connectivity index (χ2n) is 4.40. The first kappa shape index (κ1) is 13.9. The minimum atomic E-state index is -1.15. The largest absolute Gasteiger partial charge is 0.476 e. The summed E-state index contributed by atoms with van der Waals surface area (Å²) in [4.78, 5) is 11.1. The van der Waals surface area contributed by atoms with Crippen molar-refractivity contribution in [3.8, 4) is 5.69 Å². The van der Waals surface area contributed by atoms with Gasteiger partial charge in [0.05, 0.1) is 16.4 Å². The number of carboxylic acid groups (broad SMARTS) is 1. The van der Waals surface area contributed by atoms with Crippen LogP contribution in [0.25, 0.3) is 5.69 Å². The minimum absolute atomic E-state index is 0.0343. The molecule has 0 aliphatic carbocycles. The van der Waals surface area contributed by atoms with E-state index in [4.69, 9.17) is 28.3 Å². The van der Waals surface area contributed by atoms with Gasteiger partial charge in [-0.3, -0.25) is 0 Å². The number of nitrogens with zero attached hydrogens (tertiary/aromatic N) is 2. The average Bonchev–Trinajstić information content (AvgIpc) is 2.67. The first-order chi connectivity index (χ1) is 8.91. The highest BCUT2D eigenvalue weighted by Gasteiger charge is 2.23. The molecule has 0 aliphatic rings. The second-order valence-corrected chi connectivity index (χ2v) is 5.21. The van der Waals surface area contributed by atoms with Gasteiger partial charge in [-0.1, -0.05) is 43.1 Å². The number of hydrogen-bond acceptors (Lipinski definition) is 2. The van der Waals surface area contributed by atoms with E-state index in [1.165, 1.54) is 4.68 Å². The Morgan fingerprint density at radius 1 is 1.37 bits per heavy atom. The summed E-state index contributed by atoms with van der Waals surface area (Å²) in [5, 5.41) is 13.9. The molecule has 2 rings (SSSR count). The first-order valence-electron chi connectivity index (χ1n) is 5.69. The maximum atomic E-state index is 11.1. The maximum Gasteiger partial charge on any atom is 0.358 e. The van der Waals surface area contributed by atoms with Gasteiger partial charge in [-0.05, 0) is 24.1 Å². The Morgan fingerprint density at radius 2 is 2.05 bits per heavy atom. The van der Waals surface area contributed by atoms with E-state index in [1.807, 2.05) is 13.8 Å². The van der Waals surface area contributed by atoms with Crippen LogP contribution >= 0.6 is 23.2 Å². The third-order valence-electron chi connectivity index (χ3n) is 2.66. The highest BCUT2D eigenvalue weighted by Crippen LogP contribution is 2.30. The van der Waals surface area contributed by atoms with Crippen LogP contribution in [0.3, 0.4) is 0 Å². The van der Waals surface area contributed by atoms with Gasteiger partial charge >= 0.3 is 5.97 Å². The number of halogens is 2. The smallest absolute Gasteiger partial charge is 0.358 e. The summed E-state index contributed by atoms with van der Waals surface area (Å²) in [5.74, 6) is -1.11. The van der Waals surface area contributed by atoms with Crippen molar-refractivity contribution < 1.29 is 9.90 Å². The molecule has 0 atom stereocenters. The lowest BCUT2D eigenvalue weighted by molar-refractivity contribution is 0.0690. The van der Waals surface area contributed by atoms with Crippen LogP contribution in [0, 0.1) is 0 Å². The van der Waals surface area contributed by atoms with E-state index in [0.29, 0.717) is 16.4 Å². The average molecular weight is 299 g/mol. The molecular formula is C13H12Cl2N2O2. The van der Waals surface area contributed by atoms with Crippen molar-refractivity contribution in [2.24, 2.45) is 0 Å². The fraction of sp³-hybridized carbons (Fsp3) is 0.231. The zero-order chi connectivity index (χ0) is 14.2. The zero-order valence-electron chi connectivity index (χ0n) is 10.4. The lowest BCUT2D eigenvalue weighted by Crippen LogP contribution is -2.04. The zero-order valence-corrected chi connectivity index (χ0v) is 11.9. The minimum Gasteiger partial charge on any atom is -0.476 e. The van der Waals surface area contributed by atoms with E-state index in [9.17, 15) is 4.79 Å². The molecule has 0 amide bonds. The summed E-state index contributed by atoms with van der Waals surface area (Å²) in [7, 11) is 0. The molecule has 0 aliphatic heterocycles. The standard InChI is InChI=1S/C13H12Cl2N2O2/c1-7(2)12-10(15)11(13(18)19)16-17(12)9-5-3-4-8(14)6-9/h3-7H,1-2H3,(H,18,19). The van der Waals surface area contributed by atoms with Gasteiger partial charge in [0.1, 0.15) is 0 Å². The fourth-order valence-corrected chi connectivity index (χ4v) is 2.45. The van der Waals surface area contributed by atoms with Crippen molar-refractivity contribution in [3.63, 3.8) is 0 Å². The quantitative estimate of drug-likeness (QED) is 0.932. The number of aromatic nitrogens is 2. The predicted octanol–water partition coefficient (Wildman–Crippen LogP) is 4.00. The Hall–Kier alpha value is -1.52. The van der Waals surface area contributed by atoms with Crippen LogP contribution in [-0.2, 0) is 0 Å². The lowest BCUT2D eigenvalue weighted by Gasteiger charge is -2.10. The van der Waals surface area contributed by atoms with Gasteiger partial charge in [0.2, 0.25) is 0 Å². The van der Waals surface area contributed by atoms with Crippen LogP contribution in [0.1, 0.15) is 35.9 Å². The molecule has 0 radical (unpaired) electrons. The van der Waals surface area contributed by atoms with E-state index in [1.54, 1.807) is 24.3 Å². The van der Waals surface area contributed by atoms with Gasteiger partial charge in [0, 0.05) is 5.02 Å². The molecule has 1 aromatic carbocycles. The van der Waals surface area contributed by atoms with Crippen molar-refractivity contribution in [1.82, 2.24) is 9.78 Å². The van der Waals surface area contributed by atoms with Crippen LogP contribution < -0.4 is 0 Å². The van der Waals surface area contributed by atoms with Crippen molar-refractivity contribution >= 4 is 29.2 Å². The monoisotopic (exact) mass is 298 g/mol. The number of carboxylic acids is 1. The molecule has 0 saturated carbocycles. The molecule has 1 N–H and O–H groups in total.